The summed E-state index contributed by atoms with van der Waals surface area (Å²) < 4.78 is 5.65. The van der Waals surface area contributed by atoms with Crippen LogP contribution in [-0.4, -0.2) is 32.1 Å². The summed E-state index contributed by atoms with van der Waals surface area (Å²) in [6.45, 7) is 6.58. The monoisotopic (exact) mass is 368 g/mol. The van der Waals surface area contributed by atoms with Gasteiger partial charge in [-0.2, -0.15) is 0 Å². The van der Waals surface area contributed by atoms with Gasteiger partial charge in [-0.05, 0) is 56.2 Å². The predicted octanol–water partition coefficient (Wildman–Crippen LogP) is 3.55. The second kappa shape index (κ2) is 13.2. The van der Waals surface area contributed by atoms with Gasteiger partial charge in [0.2, 0.25) is 5.91 Å². The van der Waals surface area contributed by atoms with Crippen LogP contribution in [0.25, 0.3) is 0 Å². The molecule has 1 atom stereocenters. The Morgan fingerprint density at radius 3 is 2.68 bits per heavy atom. The highest BCUT2D eigenvalue weighted by molar-refractivity contribution is 5.85. The number of hydrogen-bond donors (Lipinski definition) is 2. The van der Waals surface area contributed by atoms with E-state index in [2.05, 4.69) is 29.7 Å². The van der Waals surface area contributed by atoms with Crippen molar-refractivity contribution < 1.29 is 9.53 Å². The lowest BCUT2D eigenvalue weighted by Crippen LogP contribution is -2.33. The molecule has 1 aromatic carbocycles. The van der Waals surface area contributed by atoms with E-state index in [4.69, 9.17) is 4.74 Å². The second-order valence-electron chi connectivity index (χ2n) is 6.86. The molecule has 142 valence electrons. The molecule has 2 rings (SSSR count). The fourth-order valence-electron chi connectivity index (χ4n) is 3.27. The van der Waals surface area contributed by atoms with Gasteiger partial charge in [0.25, 0.3) is 0 Å². The Morgan fingerprint density at radius 1 is 1.24 bits per heavy atom. The zero-order valence-corrected chi connectivity index (χ0v) is 16.2. The average Bonchev–Trinajstić information content (AvgIpc) is 2.62. The van der Waals surface area contributed by atoms with Gasteiger partial charge in [-0.3, -0.25) is 4.79 Å². The van der Waals surface area contributed by atoms with E-state index in [1.165, 1.54) is 18.4 Å². The van der Waals surface area contributed by atoms with Crippen LogP contribution in [0.5, 0.6) is 0 Å². The molecule has 25 heavy (non-hydrogen) atoms. The molecule has 1 aliphatic rings. The molecule has 0 aliphatic carbocycles. The van der Waals surface area contributed by atoms with Crippen molar-refractivity contribution in [1.29, 1.82) is 0 Å². The van der Waals surface area contributed by atoms with E-state index in [1.54, 1.807) is 0 Å². The Morgan fingerprint density at radius 2 is 1.96 bits per heavy atom. The standard InChI is InChI=1S/C20H32N2O2.ClH/c1-17(19-9-12-21-13-10-19)15-20(23)22-11-5-6-14-24-16-18-7-3-2-4-8-18;/h2-4,7-8,17,19,21H,5-6,9-16H2,1H3,(H,22,23);1H. The zero-order valence-electron chi connectivity index (χ0n) is 15.3. The van der Waals surface area contributed by atoms with Crippen LogP contribution >= 0.6 is 12.4 Å². The van der Waals surface area contributed by atoms with Gasteiger partial charge < -0.3 is 15.4 Å². The van der Waals surface area contributed by atoms with Crippen molar-refractivity contribution in [2.24, 2.45) is 11.8 Å². The number of amides is 1. The molecule has 1 heterocycles. The molecule has 1 amide bonds. The highest BCUT2D eigenvalue weighted by Gasteiger charge is 2.21. The van der Waals surface area contributed by atoms with Crippen LogP contribution in [-0.2, 0) is 16.1 Å². The molecule has 1 saturated heterocycles. The van der Waals surface area contributed by atoms with Crippen molar-refractivity contribution >= 4 is 18.3 Å². The lowest BCUT2D eigenvalue weighted by molar-refractivity contribution is -0.122. The van der Waals surface area contributed by atoms with Crippen LogP contribution in [0.15, 0.2) is 30.3 Å². The Hall–Kier alpha value is -1.10. The predicted molar refractivity (Wildman–Crippen MR) is 105 cm³/mol. The fourth-order valence-corrected chi connectivity index (χ4v) is 3.27. The second-order valence-corrected chi connectivity index (χ2v) is 6.86. The van der Waals surface area contributed by atoms with E-state index in [0.717, 1.165) is 39.1 Å². The van der Waals surface area contributed by atoms with Gasteiger partial charge >= 0.3 is 0 Å². The minimum atomic E-state index is 0. The van der Waals surface area contributed by atoms with E-state index in [9.17, 15) is 4.79 Å². The highest BCUT2D eigenvalue weighted by atomic mass is 35.5. The maximum Gasteiger partial charge on any atom is 0.220 e. The number of carbonyl (C=O) groups is 1. The van der Waals surface area contributed by atoms with Gasteiger partial charge in [-0.15, -0.1) is 12.4 Å². The van der Waals surface area contributed by atoms with Crippen LogP contribution in [0.1, 0.15) is 44.6 Å². The van der Waals surface area contributed by atoms with Gasteiger partial charge in [-0.1, -0.05) is 37.3 Å². The summed E-state index contributed by atoms with van der Waals surface area (Å²) in [5, 5.41) is 6.43. The number of unbranched alkanes of at least 4 members (excludes halogenated alkanes) is 1. The van der Waals surface area contributed by atoms with Crippen molar-refractivity contribution in [1.82, 2.24) is 10.6 Å². The molecular formula is C20H33ClN2O2. The van der Waals surface area contributed by atoms with Crippen molar-refractivity contribution in [2.45, 2.75) is 45.6 Å². The first-order chi connectivity index (χ1) is 11.8. The van der Waals surface area contributed by atoms with E-state index in [1.807, 2.05) is 18.2 Å². The number of carbonyl (C=O) groups excluding carboxylic acids is 1. The summed E-state index contributed by atoms with van der Waals surface area (Å²) in [6, 6.07) is 10.2. The molecule has 1 aromatic rings. The number of benzene rings is 1. The first-order valence-corrected chi connectivity index (χ1v) is 9.35. The van der Waals surface area contributed by atoms with Crippen LogP contribution in [0.3, 0.4) is 0 Å². The van der Waals surface area contributed by atoms with Crippen LogP contribution in [0.2, 0.25) is 0 Å². The molecule has 0 aromatic heterocycles. The third kappa shape index (κ3) is 9.24. The first kappa shape index (κ1) is 21.9. The number of ether oxygens (including phenoxy) is 1. The van der Waals surface area contributed by atoms with E-state index in [-0.39, 0.29) is 18.3 Å². The topological polar surface area (TPSA) is 50.4 Å². The van der Waals surface area contributed by atoms with Gasteiger partial charge in [0.05, 0.1) is 6.61 Å². The molecule has 5 heteroatoms. The maximum atomic E-state index is 12.0. The summed E-state index contributed by atoms with van der Waals surface area (Å²) in [6.07, 6.45) is 5.02. The number of piperidine rings is 1. The van der Waals surface area contributed by atoms with Crippen molar-refractivity contribution in [3.8, 4) is 0 Å². The lowest BCUT2D eigenvalue weighted by Gasteiger charge is -2.27. The van der Waals surface area contributed by atoms with Crippen LogP contribution in [0, 0.1) is 11.8 Å². The van der Waals surface area contributed by atoms with Crippen LogP contribution < -0.4 is 10.6 Å². The van der Waals surface area contributed by atoms with E-state index < -0.39 is 0 Å². The Balaban J connectivity index is 0.00000312. The van der Waals surface area contributed by atoms with Crippen molar-refractivity contribution in [3.05, 3.63) is 35.9 Å². The number of nitrogens with one attached hydrogen (secondary N) is 2. The largest absolute Gasteiger partial charge is 0.377 e. The molecule has 0 radical (unpaired) electrons. The molecule has 1 aliphatic heterocycles. The fraction of sp³-hybridized carbons (Fsp3) is 0.650. The Bertz CT molecular complexity index is 464. The van der Waals surface area contributed by atoms with Gasteiger partial charge in [0.1, 0.15) is 0 Å². The molecule has 4 nitrogen and oxygen atoms in total. The molecule has 1 unspecified atom stereocenters. The van der Waals surface area contributed by atoms with Gasteiger partial charge in [-0.25, -0.2) is 0 Å². The third-order valence-corrected chi connectivity index (χ3v) is 4.85. The van der Waals surface area contributed by atoms with E-state index in [0.29, 0.717) is 24.9 Å². The summed E-state index contributed by atoms with van der Waals surface area (Å²) in [5.74, 6) is 1.39. The molecule has 2 N–H and O–H groups in total. The summed E-state index contributed by atoms with van der Waals surface area (Å²) >= 11 is 0. The summed E-state index contributed by atoms with van der Waals surface area (Å²) in [7, 11) is 0. The normalized spacial score (nSPS) is 16.0. The van der Waals surface area contributed by atoms with Gasteiger partial charge in [0.15, 0.2) is 0 Å². The molecule has 1 fully saturated rings. The first-order valence-electron chi connectivity index (χ1n) is 9.35. The summed E-state index contributed by atoms with van der Waals surface area (Å²) in [4.78, 5) is 12.0. The SMILES string of the molecule is CC(CC(=O)NCCCCOCc1ccccc1)C1CCNCC1.Cl. The maximum absolute atomic E-state index is 12.0. The minimum Gasteiger partial charge on any atom is -0.377 e. The zero-order chi connectivity index (χ0) is 17.0. The third-order valence-electron chi connectivity index (χ3n) is 4.85. The number of rotatable bonds is 10. The Labute approximate surface area is 158 Å². The number of hydrogen-bond acceptors (Lipinski definition) is 3. The van der Waals surface area contributed by atoms with Crippen LogP contribution in [0.4, 0.5) is 0 Å². The quantitative estimate of drug-likeness (QED) is 0.621. The summed E-state index contributed by atoms with van der Waals surface area (Å²) in [5.41, 5.74) is 1.21. The minimum absolute atomic E-state index is 0. The van der Waals surface area contributed by atoms with Gasteiger partial charge in [0, 0.05) is 19.6 Å². The molecule has 0 spiro atoms. The molecule has 0 saturated carbocycles. The highest BCUT2D eigenvalue weighted by Crippen LogP contribution is 2.24. The Kier molecular flexibility index (Phi) is 11.5. The lowest BCUT2D eigenvalue weighted by atomic mass is 9.84. The molecular weight excluding hydrogens is 336 g/mol. The number of halogens is 1. The smallest absolute Gasteiger partial charge is 0.220 e. The van der Waals surface area contributed by atoms with Crippen molar-refractivity contribution in [2.75, 3.05) is 26.2 Å². The average molecular weight is 369 g/mol. The molecule has 0 bridgehead atoms. The van der Waals surface area contributed by atoms with E-state index >= 15 is 0 Å². The van der Waals surface area contributed by atoms with Crippen molar-refractivity contribution in [3.63, 3.8) is 0 Å².